The molecule has 0 saturated carbocycles. The second-order valence-electron chi connectivity index (χ2n) is 22.8. The number of carbonyl (C=O) groups excluding carboxylic acids is 6. The maximum absolute atomic E-state index is 13.7. The molecule has 2 fully saturated rings. The van der Waals surface area contributed by atoms with Crippen molar-refractivity contribution in [3.05, 3.63) is 159 Å². The van der Waals surface area contributed by atoms with Gasteiger partial charge in [0.2, 0.25) is 0 Å². The Morgan fingerprint density at radius 2 is 0.868 bits per heavy atom. The van der Waals surface area contributed by atoms with Crippen LogP contribution in [0.5, 0.6) is 17.2 Å². The summed E-state index contributed by atoms with van der Waals surface area (Å²) in [6.07, 6.45) is 1.41. The molecule has 0 aliphatic carbocycles. The molecular weight excluding hydrogens is 1190 g/mol. The number of nitrogens with zero attached hydrogens (tertiary/aromatic N) is 2. The fourth-order valence-electron chi connectivity index (χ4n) is 9.66. The molecule has 5 aromatic rings. The van der Waals surface area contributed by atoms with Gasteiger partial charge in [0.15, 0.2) is 18.3 Å². The number of hydrogen-bond acceptors (Lipinski definition) is 14. The van der Waals surface area contributed by atoms with Crippen LogP contribution in [0.1, 0.15) is 144 Å². The van der Waals surface area contributed by atoms with E-state index in [-0.39, 0.29) is 98.2 Å². The first kappa shape index (κ1) is 77.3. The Balaban J connectivity index is 0.00000136. The van der Waals surface area contributed by atoms with E-state index in [0.29, 0.717) is 96.8 Å². The topological polar surface area (TPSA) is 211 Å². The smallest absolute Gasteiger partial charge is 0.417 e. The van der Waals surface area contributed by atoms with E-state index in [2.05, 4.69) is 10.6 Å². The van der Waals surface area contributed by atoms with Crippen LogP contribution in [0.4, 0.5) is 31.5 Å². The van der Waals surface area contributed by atoms with Crippen molar-refractivity contribution in [3.63, 3.8) is 0 Å². The molecule has 2 heterocycles. The number of rotatable bonds is 29. The summed E-state index contributed by atoms with van der Waals surface area (Å²) in [6, 6.07) is 22.1. The van der Waals surface area contributed by atoms with E-state index in [4.69, 9.17) is 28.9 Å². The van der Waals surface area contributed by atoms with E-state index < -0.39 is 48.2 Å². The Bertz CT molecular complexity index is 3190. The van der Waals surface area contributed by atoms with Crippen LogP contribution >= 0.6 is 0 Å². The summed E-state index contributed by atoms with van der Waals surface area (Å²) in [5.41, 5.74) is 6.06. The second-order valence-corrected chi connectivity index (χ2v) is 22.8. The number of imide groups is 2. The lowest BCUT2D eigenvalue weighted by Crippen LogP contribution is -2.48. The van der Waals surface area contributed by atoms with E-state index in [1.807, 2.05) is 39.8 Å². The van der Waals surface area contributed by atoms with Crippen molar-refractivity contribution in [2.75, 3.05) is 26.3 Å². The molecule has 5 aromatic carbocycles. The number of hydroxylamine groups is 1. The maximum Gasteiger partial charge on any atom is 0.417 e. The van der Waals surface area contributed by atoms with Crippen LogP contribution in [-0.2, 0) is 41.7 Å². The summed E-state index contributed by atoms with van der Waals surface area (Å²) in [4.78, 5) is 75.4. The van der Waals surface area contributed by atoms with Crippen LogP contribution < -0.4 is 30.3 Å². The highest BCUT2D eigenvalue weighted by molar-refractivity contribution is 5.97. The summed E-state index contributed by atoms with van der Waals surface area (Å²) in [5, 5.41) is 15.5. The molecule has 2 aliphatic heterocycles. The van der Waals surface area contributed by atoms with Gasteiger partial charge in [-0.1, -0.05) is 66.8 Å². The minimum absolute atomic E-state index is 0. The molecule has 7 rings (SSSR count). The normalized spacial score (nSPS) is 15.1. The van der Waals surface area contributed by atoms with E-state index in [1.165, 1.54) is 65.6 Å². The minimum Gasteiger partial charge on any atom is -0.481 e. The van der Waals surface area contributed by atoms with Gasteiger partial charge in [-0.2, -0.15) is 0 Å². The first-order valence-corrected chi connectivity index (χ1v) is 30.0. The third-order valence-electron chi connectivity index (χ3n) is 15.0. The van der Waals surface area contributed by atoms with Crippen molar-refractivity contribution in [2.45, 2.75) is 178 Å². The monoisotopic (exact) mass is 1280 g/mol. The number of cyclic esters (lactones) is 2. The highest BCUT2D eigenvalue weighted by Crippen LogP contribution is 2.28. The molecule has 0 bridgehead atoms. The Kier molecular flexibility index (Phi) is 32.9. The first-order chi connectivity index (χ1) is 42.4. The van der Waals surface area contributed by atoms with Crippen molar-refractivity contribution in [1.29, 1.82) is 0 Å². The number of unbranched alkanes of at least 4 members (excludes halogenated alkanes) is 3. The number of halogens is 5. The van der Waals surface area contributed by atoms with Gasteiger partial charge in [0, 0.05) is 23.8 Å². The van der Waals surface area contributed by atoms with Gasteiger partial charge in [-0.05, 0) is 217 Å². The second kappa shape index (κ2) is 38.7. The van der Waals surface area contributed by atoms with Gasteiger partial charge in [0.1, 0.15) is 65.8 Å². The Hall–Kier alpha value is -7.95. The molecule has 506 valence electrons. The molecule has 0 spiro atoms. The lowest BCUT2D eigenvalue weighted by Gasteiger charge is -2.27. The summed E-state index contributed by atoms with van der Waals surface area (Å²) in [6.45, 7) is 18.9. The van der Waals surface area contributed by atoms with Crippen LogP contribution in [0, 0.1) is 75.5 Å². The third kappa shape index (κ3) is 24.0. The Labute approximate surface area is 537 Å². The van der Waals surface area contributed by atoms with E-state index in [0.717, 1.165) is 41.7 Å². The standard InChI is InChI=1S/C27H34F2N2O4.C21H26F2N2O3.C19H24FNO5.2CH4.3H2/c1-17(2)24-16-34-27(33)31(24)26(32)25(35-21-9-11-23(29)19(4)14-21)7-5-6-12-30-15-20-8-10-22(28)18(3)13-20;1-14-11-16(6-8-18(14)22)13-24-10-4-3-5-20(21(26)25-27)28-17-7-9-19(23)15(2)12-17;1-12(2)16-11-25-19(24)21(16)18(23)17(6-4-5-9-22)26-14-7-8-15(20)13(3)10-14;;;;;/h8-11,13-14,17,24-25,30H,5-7,12,15-16H2,1-4H3;6-9,11-12,20,24,27H,3-5,10,13H2,1-2H3,(H,25,26);7-10,12,16-17H,4-6,11H2,1-3H3;2*1H4;3*1H/t24-,25-;20-;16-,17-;;;;;/m111...../s1. The lowest BCUT2D eigenvalue weighted by atomic mass is 10.0. The van der Waals surface area contributed by atoms with Crippen molar-refractivity contribution in [2.24, 2.45) is 11.8 Å². The molecule has 5 atom stereocenters. The zero-order valence-corrected chi connectivity index (χ0v) is 52.1. The molecule has 4 N–H and O–H groups in total. The summed E-state index contributed by atoms with van der Waals surface area (Å²) in [5.74, 6) is -1.94. The summed E-state index contributed by atoms with van der Waals surface area (Å²) in [7, 11) is 0. The SMILES string of the molecule is C.C.Cc1cc(CNCCCC[C@@H](Oc2ccc(F)c(C)c2)C(=O)N2C(=O)OC[C@@H]2C(C)C)ccc1F.Cc1cc(CNCCCC[C@@H](Oc2ccc(F)c(C)c2)C(=O)NO)ccc1F.Cc1cc(O[C@H](CCCC=O)C(=O)N2C(=O)OC[C@@H]2C(C)C)ccc1F.[HH].[HH].[HH]. The van der Waals surface area contributed by atoms with Crippen molar-refractivity contribution in [1.82, 2.24) is 25.9 Å². The number of aldehydes is 1. The van der Waals surface area contributed by atoms with Gasteiger partial charge in [0.05, 0.1) is 12.1 Å². The molecule has 2 saturated heterocycles. The van der Waals surface area contributed by atoms with Gasteiger partial charge in [-0.3, -0.25) is 19.6 Å². The number of nitrogens with one attached hydrogen (secondary N) is 3. The number of amides is 5. The zero-order valence-electron chi connectivity index (χ0n) is 52.1. The van der Waals surface area contributed by atoms with Crippen LogP contribution in [0.25, 0.3) is 0 Å². The van der Waals surface area contributed by atoms with Gasteiger partial charge in [0.25, 0.3) is 17.7 Å². The predicted octanol–water partition coefficient (Wildman–Crippen LogP) is 14.4. The van der Waals surface area contributed by atoms with E-state index in [9.17, 15) is 50.7 Å². The number of hydrogen-bond donors (Lipinski definition) is 4. The maximum atomic E-state index is 13.7. The highest BCUT2D eigenvalue weighted by Gasteiger charge is 2.44. The summed E-state index contributed by atoms with van der Waals surface area (Å²) < 4.78 is 94.7. The number of ether oxygens (including phenoxy) is 5. The van der Waals surface area contributed by atoms with Gasteiger partial charge < -0.3 is 39.1 Å². The van der Waals surface area contributed by atoms with Crippen LogP contribution in [0.15, 0.2) is 91.0 Å². The Morgan fingerprint density at radius 1 is 0.538 bits per heavy atom. The first-order valence-electron chi connectivity index (χ1n) is 30.0. The van der Waals surface area contributed by atoms with Gasteiger partial charge in [-0.15, -0.1) is 0 Å². The van der Waals surface area contributed by atoms with Crippen molar-refractivity contribution in [3.8, 4) is 17.2 Å². The lowest BCUT2D eigenvalue weighted by molar-refractivity contribution is -0.138. The fraction of sp³-hybridized carbons (Fsp3) is 0.478. The molecule has 91 heavy (non-hydrogen) atoms. The number of aryl methyl sites for hydroxylation is 5. The van der Waals surface area contributed by atoms with Crippen LogP contribution in [-0.4, -0.2) is 108 Å². The van der Waals surface area contributed by atoms with Crippen LogP contribution in [0.3, 0.4) is 0 Å². The third-order valence-corrected chi connectivity index (χ3v) is 15.0. The molecular formula is C69H98F5N5O12. The average molecular weight is 1280 g/mol. The van der Waals surface area contributed by atoms with Gasteiger partial charge >= 0.3 is 12.2 Å². The molecule has 0 aromatic heterocycles. The highest BCUT2D eigenvalue weighted by atomic mass is 19.1. The number of carbonyl (C=O) groups is 6. The van der Waals surface area contributed by atoms with E-state index >= 15 is 0 Å². The predicted molar refractivity (Wildman–Crippen MR) is 343 cm³/mol. The van der Waals surface area contributed by atoms with Crippen LogP contribution in [0.2, 0.25) is 0 Å². The van der Waals surface area contributed by atoms with E-state index in [1.54, 1.807) is 58.3 Å². The van der Waals surface area contributed by atoms with Crippen molar-refractivity contribution >= 4 is 36.2 Å². The largest absolute Gasteiger partial charge is 0.481 e. The molecule has 5 amide bonds. The molecule has 2 aliphatic rings. The Morgan fingerprint density at radius 3 is 1.20 bits per heavy atom. The molecule has 0 unspecified atom stereocenters. The quantitative estimate of drug-likeness (QED) is 0.0115. The molecule has 0 radical (unpaired) electrons. The van der Waals surface area contributed by atoms with Crippen molar-refractivity contribution < 1.29 is 83.9 Å². The average Bonchev–Trinajstić information content (AvgIpc) is 1.67. The van der Waals surface area contributed by atoms with Gasteiger partial charge in [-0.25, -0.2) is 46.8 Å². The molecule has 22 heteroatoms. The summed E-state index contributed by atoms with van der Waals surface area (Å²) >= 11 is 0. The fourth-order valence-corrected chi connectivity index (χ4v) is 9.66. The zero-order chi connectivity index (χ0) is 65.3. The minimum atomic E-state index is -0.952. The number of benzene rings is 5. The molecule has 17 nitrogen and oxygen atoms in total.